The number of hydrogen-bond donors (Lipinski definition) is 1. The molecule has 1 atom stereocenters. The van der Waals surface area contributed by atoms with Crippen LogP contribution in [0.1, 0.15) is 32.4 Å². The standard InChI is InChI=1S/C11H17N3/c1-9(2)11(4-3-5-14-11)10-8-12-6-7-13-10/h6-9,14H,3-5H2,1-2H3. The minimum atomic E-state index is 0.0638. The molecule has 14 heavy (non-hydrogen) atoms. The molecule has 0 spiro atoms. The second-order valence-electron chi connectivity index (χ2n) is 4.25. The van der Waals surface area contributed by atoms with Gasteiger partial charge in [-0.25, -0.2) is 0 Å². The smallest absolute Gasteiger partial charge is 0.0790 e. The van der Waals surface area contributed by atoms with E-state index >= 15 is 0 Å². The zero-order valence-electron chi connectivity index (χ0n) is 8.83. The highest BCUT2D eigenvalue weighted by atomic mass is 15.0. The fraction of sp³-hybridized carbons (Fsp3) is 0.636. The second kappa shape index (κ2) is 3.65. The van der Waals surface area contributed by atoms with Crippen molar-refractivity contribution in [3.8, 4) is 0 Å². The lowest BCUT2D eigenvalue weighted by molar-refractivity contribution is 0.268. The van der Waals surface area contributed by atoms with Gasteiger partial charge in [-0.2, -0.15) is 0 Å². The van der Waals surface area contributed by atoms with Crippen molar-refractivity contribution in [2.24, 2.45) is 5.92 Å². The Morgan fingerprint density at radius 3 is 2.79 bits per heavy atom. The highest BCUT2D eigenvalue weighted by Gasteiger charge is 2.39. The van der Waals surface area contributed by atoms with E-state index in [-0.39, 0.29) is 5.54 Å². The Bertz CT molecular complexity index is 289. The molecule has 1 unspecified atom stereocenters. The van der Waals surface area contributed by atoms with Crippen molar-refractivity contribution in [3.05, 3.63) is 24.3 Å². The summed E-state index contributed by atoms with van der Waals surface area (Å²) in [6.07, 6.45) is 7.79. The third-order valence-corrected chi connectivity index (χ3v) is 3.19. The van der Waals surface area contributed by atoms with Crippen LogP contribution in [-0.2, 0) is 5.54 Å². The summed E-state index contributed by atoms with van der Waals surface area (Å²) in [6, 6.07) is 0. The Labute approximate surface area is 85.0 Å². The lowest BCUT2D eigenvalue weighted by Gasteiger charge is -2.32. The first kappa shape index (κ1) is 9.59. The van der Waals surface area contributed by atoms with Crippen molar-refractivity contribution in [2.75, 3.05) is 6.54 Å². The molecule has 0 amide bonds. The van der Waals surface area contributed by atoms with E-state index in [1.54, 1.807) is 12.4 Å². The molecule has 2 rings (SSSR count). The minimum absolute atomic E-state index is 0.0638. The van der Waals surface area contributed by atoms with Crippen LogP contribution in [0, 0.1) is 5.92 Å². The minimum Gasteiger partial charge on any atom is -0.306 e. The highest BCUT2D eigenvalue weighted by Crippen LogP contribution is 2.35. The van der Waals surface area contributed by atoms with Crippen LogP contribution >= 0.6 is 0 Å². The molecule has 76 valence electrons. The Kier molecular flexibility index (Phi) is 2.50. The largest absolute Gasteiger partial charge is 0.306 e. The van der Waals surface area contributed by atoms with Crippen molar-refractivity contribution in [2.45, 2.75) is 32.2 Å². The third kappa shape index (κ3) is 1.42. The van der Waals surface area contributed by atoms with Crippen LogP contribution in [0.5, 0.6) is 0 Å². The summed E-state index contributed by atoms with van der Waals surface area (Å²) in [5, 5.41) is 3.58. The first-order chi connectivity index (χ1) is 6.76. The van der Waals surface area contributed by atoms with E-state index in [2.05, 4.69) is 29.1 Å². The van der Waals surface area contributed by atoms with E-state index in [4.69, 9.17) is 0 Å². The molecule has 1 aromatic rings. The second-order valence-corrected chi connectivity index (χ2v) is 4.25. The zero-order chi connectivity index (χ0) is 10.0. The Morgan fingerprint density at radius 2 is 2.29 bits per heavy atom. The lowest BCUT2D eigenvalue weighted by atomic mass is 9.82. The van der Waals surface area contributed by atoms with Crippen LogP contribution in [0.15, 0.2) is 18.6 Å². The maximum atomic E-state index is 4.43. The van der Waals surface area contributed by atoms with E-state index in [1.165, 1.54) is 12.8 Å². The molecular weight excluding hydrogens is 174 g/mol. The number of nitrogens with zero attached hydrogens (tertiary/aromatic N) is 2. The first-order valence-corrected chi connectivity index (χ1v) is 5.27. The van der Waals surface area contributed by atoms with Gasteiger partial charge in [-0.1, -0.05) is 13.8 Å². The molecule has 0 aliphatic carbocycles. The maximum absolute atomic E-state index is 4.43. The SMILES string of the molecule is CC(C)C1(c2cnccn2)CCCN1. The van der Waals surface area contributed by atoms with E-state index in [0.29, 0.717) is 5.92 Å². The summed E-state index contributed by atoms with van der Waals surface area (Å²) in [4.78, 5) is 8.58. The van der Waals surface area contributed by atoms with Crippen LogP contribution in [0.2, 0.25) is 0 Å². The van der Waals surface area contributed by atoms with Crippen molar-refractivity contribution in [1.82, 2.24) is 15.3 Å². The van der Waals surface area contributed by atoms with Gasteiger partial charge in [0.15, 0.2) is 0 Å². The molecule has 2 heterocycles. The van der Waals surface area contributed by atoms with Crippen molar-refractivity contribution in [3.63, 3.8) is 0 Å². The Hall–Kier alpha value is -0.960. The number of nitrogens with one attached hydrogen (secondary N) is 1. The van der Waals surface area contributed by atoms with Crippen molar-refractivity contribution >= 4 is 0 Å². The van der Waals surface area contributed by atoms with Gasteiger partial charge in [0.2, 0.25) is 0 Å². The van der Waals surface area contributed by atoms with Crippen LogP contribution in [0.3, 0.4) is 0 Å². The summed E-state index contributed by atoms with van der Waals surface area (Å²) in [6.45, 7) is 5.58. The lowest BCUT2D eigenvalue weighted by Crippen LogP contribution is -2.42. The molecule has 3 heteroatoms. The average molecular weight is 191 g/mol. The predicted molar refractivity (Wildman–Crippen MR) is 55.8 cm³/mol. The van der Waals surface area contributed by atoms with Crippen LogP contribution in [0.25, 0.3) is 0 Å². The van der Waals surface area contributed by atoms with Gasteiger partial charge in [0.05, 0.1) is 17.4 Å². The predicted octanol–water partition coefficient (Wildman–Crippen LogP) is 1.71. The summed E-state index contributed by atoms with van der Waals surface area (Å²) >= 11 is 0. The van der Waals surface area contributed by atoms with Gasteiger partial charge >= 0.3 is 0 Å². The van der Waals surface area contributed by atoms with Crippen LogP contribution in [0.4, 0.5) is 0 Å². The van der Waals surface area contributed by atoms with Gasteiger partial charge in [0, 0.05) is 12.4 Å². The molecule has 3 nitrogen and oxygen atoms in total. The van der Waals surface area contributed by atoms with Crippen LogP contribution in [-0.4, -0.2) is 16.5 Å². The molecule has 1 aliphatic heterocycles. The number of aromatic nitrogens is 2. The molecule has 0 aromatic carbocycles. The monoisotopic (exact) mass is 191 g/mol. The normalized spacial score (nSPS) is 27.1. The van der Waals surface area contributed by atoms with Gasteiger partial charge in [-0.05, 0) is 25.3 Å². The molecular formula is C11H17N3. The average Bonchev–Trinajstić information content (AvgIpc) is 2.69. The fourth-order valence-corrected chi connectivity index (χ4v) is 2.30. The van der Waals surface area contributed by atoms with E-state index in [0.717, 1.165) is 12.2 Å². The topological polar surface area (TPSA) is 37.8 Å². The first-order valence-electron chi connectivity index (χ1n) is 5.27. The van der Waals surface area contributed by atoms with E-state index in [9.17, 15) is 0 Å². The molecule has 0 saturated carbocycles. The fourth-order valence-electron chi connectivity index (χ4n) is 2.30. The van der Waals surface area contributed by atoms with Gasteiger partial charge < -0.3 is 5.32 Å². The third-order valence-electron chi connectivity index (χ3n) is 3.19. The van der Waals surface area contributed by atoms with E-state index in [1.807, 2.05) is 6.20 Å². The molecule has 1 aliphatic rings. The summed E-state index contributed by atoms with van der Waals surface area (Å²) in [5.74, 6) is 0.557. The Morgan fingerprint density at radius 1 is 1.43 bits per heavy atom. The molecule has 1 aromatic heterocycles. The van der Waals surface area contributed by atoms with E-state index < -0.39 is 0 Å². The van der Waals surface area contributed by atoms with Gasteiger partial charge in [0.25, 0.3) is 0 Å². The highest BCUT2D eigenvalue weighted by molar-refractivity contribution is 5.15. The van der Waals surface area contributed by atoms with Gasteiger partial charge in [-0.3, -0.25) is 9.97 Å². The maximum Gasteiger partial charge on any atom is 0.0790 e. The number of rotatable bonds is 2. The molecule has 1 fully saturated rings. The molecule has 1 N–H and O–H groups in total. The molecule has 1 saturated heterocycles. The quantitative estimate of drug-likeness (QED) is 0.773. The summed E-state index contributed by atoms with van der Waals surface area (Å²) in [7, 11) is 0. The molecule has 0 radical (unpaired) electrons. The zero-order valence-corrected chi connectivity index (χ0v) is 8.83. The van der Waals surface area contributed by atoms with Crippen molar-refractivity contribution < 1.29 is 0 Å². The van der Waals surface area contributed by atoms with Crippen LogP contribution < -0.4 is 5.32 Å². The van der Waals surface area contributed by atoms with Gasteiger partial charge in [0.1, 0.15) is 0 Å². The van der Waals surface area contributed by atoms with Crippen molar-refractivity contribution in [1.29, 1.82) is 0 Å². The summed E-state index contributed by atoms with van der Waals surface area (Å²) in [5.41, 5.74) is 1.15. The van der Waals surface area contributed by atoms with Gasteiger partial charge in [-0.15, -0.1) is 0 Å². The Balaban J connectivity index is 2.36. The summed E-state index contributed by atoms with van der Waals surface area (Å²) < 4.78 is 0. The molecule has 0 bridgehead atoms. The number of hydrogen-bond acceptors (Lipinski definition) is 3.